The van der Waals surface area contributed by atoms with Crippen molar-refractivity contribution in [3.63, 3.8) is 0 Å². The molecular weight excluding hydrogens is 242 g/mol. The van der Waals surface area contributed by atoms with Crippen molar-refractivity contribution in [3.8, 4) is 0 Å². The third kappa shape index (κ3) is 2.92. The van der Waals surface area contributed by atoms with Gasteiger partial charge in [0.05, 0.1) is 0 Å². The van der Waals surface area contributed by atoms with Gasteiger partial charge in [0.15, 0.2) is 0 Å². The van der Waals surface area contributed by atoms with Crippen LogP contribution in [0.25, 0.3) is 11.9 Å². The van der Waals surface area contributed by atoms with E-state index in [1.807, 2.05) is 0 Å². The molecule has 0 bridgehead atoms. The highest BCUT2D eigenvalue weighted by Gasteiger charge is 2.02. The van der Waals surface area contributed by atoms with Gasteiger partial charge in [-0.05, 0) is 42.0 Å². The van der Waals surface area contributed by atoms with E-state index in [1.165, 1.54) is 30.3 Å². The van der Waals surface area contributed by atoms with Gasteiger partial charge in [-0.15, -0.1) is 0 Å². The molecule has 0 amide bonds. The fourth-order valence-electron chi connectivity index (χ4n) is 1.42. The highest BCUT2D eigenvalue weighted by molar-refractivity contribution is 6.32. The van der Waals surface area contributed by atoms with Gasteiger partial charge in [-0.25, -0.2) is 8.78 Å². The van der Waals surface area contributed by atoms with Crippen LogP contribution in [-0.4, -0.2) is 0 Å². The number of halogens is 3. The Kier molecular flexibility index (Phi) is 3.55. The SMILES string of the molecule is F/C(=C\c1ccccc1Cl)c1ccc(F)cc1. The van der Waals surface area contributed by atoms with E-state index in [4.69, 9.17) is 11.6 Å². The van der Waals surface area contributed by atoms with Crippen molar-refractivity contribution in [1.29, 1.82) is 0 Å². The molecule has 0 aliphatic rings. The van der Waals surface area contributed by atoms with Crippen molar-refractivity contribution in [3.05, 3.63) is 70.5 Å². The first-order chi connectivity index (χ1) is 8.16. The fourth-order valence-corrected chi connectivity index (χ4v) is 1.61. The summed E-state index contributed by atoms with van der Waals surface area (Å²) in [6.07, 6.45) is 1.33. The zero-order chi connectivity index (χ0) is 12.3. The van der Waals surface area contributed by atoms with Gasteiger partial charge >= 0.3 is 0 Å². The topological polar surface area (TPSA) is 0 Å². The van der Waals surface area contributed by atoms with E-state index in [0.717, 1.165) is 0 Å². The molecule has 86 valence electrons. The van der Waals surface area contributed by atoms with E-state index in [-0.39, 0.29) is 5.82 Å². The second-order valence-corrected chi connectivity index (χ2v) is 3.93. The van der Waals surface area contributed by atoms with E-state index in [1.54, 1.807) is 24.3 Å². The van der Waals surface area contributed by atoms with Crippen LogP contribution in [0.1, 0.15) is 11.1 Å². The Morgan fingerprint density at radius 3 is 2.29 bits per heavy atom. The monoisotopic (exact) mass is 250 g/mol. The van der Waals surface area contributed by atoms with E-state index < -0.39 is 5.83 Å². The van der Waals surface area contributed by atoms with Gasteiger partial charge < -0.3 is 0 Å². The third-order valence-corrected chi connectivity index (χ3v) is 2.65. The summed E-state index contributed by atoms with van der Waals surface area (Å²) < 4.78 is 26.5. The molecule has 0 radical (unpaired) electrons. The summed E-state index contributed by atoms with van der Waals surface area (Å²) in [4.78, 5) is 0. The lowest BCUT2D eigenvalue weighted by Crippen LogP contribution is -1.81. The Hall–Kier alpha value is -1.67. The highest BCUT2D eigenvalue weighted by atomic mass is 35.5. The number of hydrogen-bond acceptors (Lipinski definition) is 0. The van der Waals surface area contributed by atoms with Crippen LogP contribution in [0.2, 0.25) is 5.02 Å². The van der Waals surface area contributed by atoms with Gasteiger partial charge in [0, 0.05) is 10.6 Å². The maximum absolute atomic E-state index is 13.8. The maximum Gasteiger partial charge on any atom is 0.131 e. The fraction of sp³-hybridized carbons (Fsp3) is 0. The molecule has 0 fully saturated rings. The van der Waals surface area contributed by atoms with Crippen LogP contribution in [0, 0.1) is 5.82 Å². The van der Waals surface area contributed by atoms with E-state index >= 15 is 0 Å². The molecule has 0 unspecified atom stereocenters. The van der Waals surface area contributed by atoms with Crippen LogP contribution in [0.15, 0.2) is 48.5 Å². The first-order valence-electron chi connectivity index (χ1n) is 5.04. The Balaban J connectivity index is 2.34. The first kappa shape index (κ1) is 11.8. The summed E-state index contributed by atoms with van der Waals surface area (Å²) in [6, 6.07) is 12.2. The first-order valence-corrected chi connectivity index (χ1v) is 5.42. The molecule has 3 heteroatoms. The molecule has 0 heterocycles. The zero-order valence-corrected chi connectivity index (χ0v) is 9.59. The molecule has 0 saturated carbocycles. The Morgan fingerprint density at radius 2 is 1.65 bits per heavy atom. The molecule has 0 spiro atoms. The Morgan fingerprint density at radius 1 is 1.00 bits per heavy atom. The molecule has 0 saturated heterocycles. The lowest BCUT2D eigenvalue weighted by atomic mass is 10.1. The average Bonchev–Trinajstić information content (AvgIpc) is 2.33. The van der Waals surface area contributed by atoms with Crippen molar-refractivity contribution in [2.24, 2.45) is 0 Å². The highest BCUT2D eigenvalue weighted by Crippen LogP contribution is 2.23. The lowest BCUT2D eigenvalue weighted by Gasteiger charge is -2.00. The smallest absolute Gasteiger partial charge is 0.131 e. The number of hydrogen-bond donors (Lipinski definition) is 0. The van der Waals surface area contributed by atoms with Crippen LogP contribution < -0.4 is 0 Å². The van der Waals surface area contributed by atoms with Crippen LogP contribution in [-0.2, 0) is 0 Å². The minimum Gasteiger partial charge on any atom is -0.207 e. The molecule has 0 aliphatic carbocycles. The average molecular weight is 251 g/mol. The second kappa shape index (κ2) is 5.11. The maximum atomic E-state index is 13.8. The second-order valence-electron chi connectivity index (χ2n) is 3.52. The molecular formula is C14H9ClF2. The van der Waals surface area contributed by atoms with Gasteiger partial charge in [-0.2, -0.15) is 0 Å². The molecule has 2 rings (SSSR count). The lowest BCUT2D eigenvalue weighted by molar-refractivity contribution is 0.627. The van der Waals surface area contributed by atoms with Crippen molar-refractivity contribution < 1.29 is 8.78 Å². The van der Waals surface area contributed by atoms with Crippen LogP contribution >= 0.6 is 11.6 Å². The van der Waals surface area contributed by atoms with Crippen molar-refractivity contribution >= 4 is 23.5 Å². The van der Waals surface area contributed by atoms with Gasteiger partial charge in [0.2, 0.25) is 0 Å². The largest absolute Gasteiger partial charge is 0.207 e. The third-order valence-electron chi connectivity index (χ3n) is 2.31. The molecule has 0 atom stereocenters. The minimum absolute atomic E-state index is 0.325. The van der Waals surface area contributed by atoms with Crippen molar-refractivity contribution in [2.75, 3.05) is 0 Å². The Bertz CT molecular complexity index is 544. The molecule has 2 aromatic rings. The normalized spacial score (nSPS) is 11.6. The Labute approximate surface area is 103 Å². The van der Waals surface area contributed by atoms with Gasteiger partial charge in [-0.3, -0.25) is 0 Å². The summed E-state index contributed by atoms with van der Waals surface area (Å²) in [5.74, 6) is -0.836. The quantitative estimate of drug-likeness (QED) is 0.662. The standard InChI is InChI=1S/C14H9ClF2/c15-13-4-2-1-3-11(13)9-14(17)10-5-7-12(16)8-6-10/h1-9H/b14-9-. The van der Waals surface area contributed by atoms with E-state index in [2.05, 4.69) is 0 Å². The van der Waals surface area contributed by atoms with E-state index in [9.17, 15) is 8.78 Å². The molecule has 0 N–H and O–H groups in total. The summed E-state index contributed by atoms with van der Waals surface area (Å²) in [7, 11) is 0. The molecule has 0 aliphatic heterocycles. The molecule has 2 aromatic carbocycles. The summed E-state index contributed by atoms with van der Waals surface area (Å²) in [5.41, 5.74) is 0.919. The van der Waals surface area contributed by atoms with Crippen molar-refractivity contribution in [2.45, 2.75) is 0 Å². The van der Waals surface area contributed by atoms with Gasteiger partial charge in [0.25, 0.3) is 0 Å². The number of benzene rings is 2. The predicted molar refractivity (Wildman–Crippen MR) is 66.8 cm³/mol. The van der Waals surface area contributed by atoms with E-state index in [0.29, 0.717) is 16.1 Å². The van der Waals surface area contributed by atoms with Gasteiger partial charge in [-0.1, -0.05) is 29.8 Å². The van der Waals surface area contributed by atoms with Crippen molar-refractivity contribution in [1.82, 2.24) is 0 Å². The number of rotatable bonds is 2. The predicted octanol–water partition coefficient (Wildman–Crippen LogP) is 4.95. The zero-order valence-electron chi connectivity index (χ0n) is 8.83. The van der Waals surface area contributed by atoms with Gasteiger partial charge in [0.1, 0.15) is 11.6 Å². The van der Waals surface area contributed by atoms with Crippen LogP contribution in [0.4, 0.5) is 8.78 Å². The molecule has 0 aromatic heterocycles. The minimum atomic E-state index is -0.446. The molecule has 0 nitrogen and oxygen atoms in total. The summed E-state index contributed by atoms with van der Waals surface area (Å²) in [6.45, 7) is 0. The van der Waals surface area contributed by atoms with Crippen LogP contribution in [0.3, 0.4) is 0 Å². The molecule has 17 heavy (non-hydrogen) atoms. The summed E-state index contributed by atoms with van der Waals surface area (Å²) in [5, 5.41) is 0.477. The van der Waals surface area contributed by atoms with Crippen LogP contribution in [0.5, 0.6) is 0 Å². The summed E-state index contributed by atoms with van der Waals surface area (Å²) >= 11 is 5.91.